The van der Waals surface area contributed by atoms with E-state index in [9.17, 15) is 13.2 Å². The molecule has 0 unspecified atom stereocenters. The molecule has 3 aromatic carbocycles. The van der Waals surface area contributed by atoms with E-state index in [1.54, 1.807) is 38.5 Å². The molecule has 3 aromatic rings. The third-order valence-corrected chi connectivity index (χ3v) is 6.73. The van der Waals surface area contributed by atoms with Crippen molar-refractivity contribution in [2.24, 2.45) is 0 Å². The highest BCUT2D eigenvalue weighted by Crippen LogP contribution is 2.46. The van der Waals surface area contributed by atoms with Crippen LogP contribution in [-0.2, 0) is 22.9 Å². The van der Waals surface area contributed by atoms with E-state index in [2.05, 4.69) is 0 Å². The fourth-order valence-electron chi connectivity index (χ4n) is 3.99. The molecule has 32 heavy (non-hydrogen) atoms. The van der Waals surface area contributed by atoms with Crippen LogP contribution in [0.15, 0.2) is 59.5 Å². The van der Waals surface area contributed by atoms with Crippen molar-refractivity contribution in [1.29, 1.82) is 0 Å². The molecule has 0 aliphatic heterocycles. The number of carbonyl (C=O) groups is 1. The van der Waals surface area contributed by atoms with Gasteiger partial charge in [-0.25, -0.2) is 8.42 Å². The molecular formula is C25H24O6S. The SMILES string of the molecule is COc1ccc(-c2cccc3c2CCC3=O)c(OCc2ccc(S(C)(=O)=O)cc2)c1OC. The molecule has 0 aromatic heterocycles. The summed E-state index contributed by atoms with van der Waals surface area (Å²) in [5, 5.41) is 0. The quantitative estimate of drug-likeness (QED) is 0.526. The van der Waals surface area contributed by atoms with Crippen LogP contribution in [0.25, 0.3) is 11.1 Å². The van der Waals surface area contributed by atoms with Crippen LogP contribution < -0.4 is 14.2 Å². The lowest BCUT2D eigenvalue weighted by molar-refractivity contribution is 0.0994. The number of benzene rings is 3. The van der Waals surface area contributed by atoms with Gasteiger partial charge in [-0.1, -0.05) is 30.3 Å². The number of hydrogen-bond donors (Lipinski definition) is 0. The van der Waals surface area contributed by atoms with Gasteiger partial charge in [0.2, 0.25) is 5.75 Å². The topological polar surface area (TPSA) is 78.9 Å². The molecule has 7 heteroatoms. The lowest BCUT2D eigenvalue weighted by Crippen LogP contribution is -2.03. The second kappa shape index (κ2) is 8.67. The third-order valence-electron chi connectivity index (χ3n) is 5.60. The summed E-state index contributed by atoms with van der Waals surface area (Å²) in [6.45, 7) is 0.203. The fourth-order valence-corrected chi connectivity index (χ4v) is 4.62. The number of carbonyl (C=O) groups excluding carboxylic acids is 1. The van der Waals surface area contributed by atoms with Gasteiger partial charge in [0.25, 0.3) is 0 Å². The number of Topliss-reactive ketones (excluding diaryl/α,β-unsaturated/α-hetero) is 1. The smallest absolute Gasteiger partial charge is 0.203 e. The minimum atomic E-state index is -3.26. The Balaban J connectivity index is 1.75. The van der Waals surface area contributed by atoms with E-state index in [-0.39, 0.29) is 17.3 Å². The van der Waals surface area contributed by atoms with Gasteiger partial charge in [-0.3, -0.25) is 4.79 Å². The summed E-state index contributed by atoms with van der Waals surface area (Å²) in [4.78, 5) is 12.5. The van der Waals surface area contributed by atoms with Crippen molar-refractivity contribution in [3.8, 4) is 28.4 Å². The van der Waals surface area contributed by atoms with Crippen LogP contribution in [0.3, 0.4) is 0 Å². The normalized spacial score (nSPS) is 13.0. The molecule has 1 aliphatic carbocycles. The average Bonchev–Trinajstić information content (AvgIpc) is 3.17. The monoisotopic (exact) mass is 452 g/mol. The molecule has 166 valence electrons. The molecule has 0 radical (unpaired) electrons. The maximum atomic E-state index is 12.2. The molecule has 4 rings (SSSR count). The molecule has 0 heterocycles. The summed E-state index contributed by atoms with van der Waals surface area (Å²) in [6.07, 6.45) is 2.36. The fraction of sp³-hybridized carbons (Fsp3) is 0.240. The minimum Gasteiger partial charge on any atom is -0.493 e. The van der Waals surface area contributed by atoms with E-state index in [1.165, 1.54) is 6.26 Å². The Labute approximate surface area is 187 Å². The highest BCUT2D eigenvalue weighted by Gasteiger charge is 2.26. The summed E-state index contributed by atoms with van der Waals surface area (Å²) < 4.78 is 40.7. The van der Waals surface area contributed by atoms with Gasteiger partial charge in [0.1, 0.15) is 6.61 Å². The van der Waals surface area contributed by atoms with Gasteiger partial charge in [-0.05, 0) is 47.4 Å². The average molecular weight is 453 g/mol. The van der Waals surface area contributed by atoms with Crippen molar-refractivity contribution in [3.05, 3.63) is 71.3 Å². The highest BCUT2D eigenvalue weighted by atomic mass is 32.2. The minimum absolute atomic E-state index is 0.149. The lowest BCUT2D eigenvalue weighted by Gasteiger charge is -2.19. The van der Waals surface area contributed by atoms with Gasteiger partial charge < -0.3 is 14.2 Å². The number of ether oxygens (including phenoxy) is 3. The Morgan fingerprint density at radius 3 is 2.19 bits per heavy atom. The molecule has 0 spiro atoms. The van der Waals surface area contributed by atoms with Crippen molar-refractivity contribution in [1.82, 2.24) is 0 Å². The second-order valence-corrected chi connectivity index (χ2v) is 9.65. The molecular weight excluding hydrogens is 428 g/mol. The maximum Gasteiger partial charge on any atom is 0.203 e. The first-order chi connectivity index (χ1) is 15.3. The Kier molecular flexibility index (Phi) is 5.93. The number of hydrogen-bond acceptors (Lipinski definition) is 6. The number of fused-ring (bicyclic) bond motifs is 1. The van der Waals surface area contributed by atoms with Crippen molar-refractivity contribution in [2.75, 3.05) is 20.5 Å². The van der Waals surface area contributed by atoms with Gasteiger partial charge in [-0.15, -0.1) is 0 Å². The first-order valence-electron chi connectivity index (χ1n) is 10.2. The summed E-state index contributed by atoms with van der Waals surface area (Å²) in [7, 11) is -0.155. The molecule has 0 saturated carbocycles. The van der Waals surface area contributed by atoms with Gasteiger partial charge in [-0.2, -0.15) is 0 Å². The highest BCUT2D eigenvalue weighted by molar-refractivity contribution is 7.90. The zero-order chi connectivity index (χ0) is 22.9. The number of ketones is 1. The third kappa shape index (κ3) is 4.08. The molecule has 0 amide bonds. The van der Waals surface area contributed by atoms with E-state index < -0.39 is 9.84 Å². The molecule has 0 saturated heterocycles. The Hall–Kier alpha value is -3.32. The van der Waals surface area contributed by atoms with Gasteiger partial charge in [0, 0.05) is 23.8 Å². The van der Waals surface area contributed by atoms with E-state index in [1.807, 2.05) is 30.3 Å². The summed E-state index contributed by atoms with van der Waals surface area (Å²) in [5.41, 5.74) is 4.30. The predicted molar refractivity (Wildman–Crippen MR) is 122 cm³/mol. The number of sulfone groups is 1. The van der Waals surface area contributed by atoms with Crippen LogP contribution in [0.2, 0.25) is 0 Å². The van der Waals surface area contributed by atoms with Gasteiger partial charge >= 0.3 is 0 Å². The van der Waals surface area contributed by atoms with Crippen LogP contribution in [-0.4, -0.2) is 34.7 Å². The van der Waals surface area contributed by atoms with Crippen molar-refractivity contribution >= 4 is 15.6 Å². The molecule has 0 fully saturated rings. The first kappa shape index (κ1) is 21.9. The van der Waals surface area contributed by atoms with Crippen LogP contribution in [0.1, 0.15) is 27.9 Å². The number of rotatable bonds is 7. The van der Waals surface area contributed by atoms with Crippen molar-refractivity contribution < 1.29 is 27.4 Å². The standard InChI is InChI=1S/C25H24O6S/c1-29-23-14-12-21(18-5-4-6-20-19(18)11-13-22(20)26)24(25(23)30-2)31-15-16-7-9-17(10-8-16)32(3,27)28/h4-10,12,14H,11,13,15H2,1-3H3. The maximum absolute atomic E-state index is 12.2. The molecule has 0 atom stereocenters. The van der Waals surface area contributed by atoms with Gasteiger partial charge in [0.05, 0.1) is 19.1 Å². The van der Waals surface area contributed by atoms with E-state index in [0.29, 0.717) is 30.1 Å². The summed E-state index contributed by atoms with van der Waals surface area (Å²) in [5.74, 6) is 1.64. The van der Waals surface area contributed by atoms with Gasteiger partial charge in [0.15, 0.2) is 27.1 Å². The van der Waals surface area contributed by atoms with Crippen LogP contribution in [0.4, 0.5) is 0 Å². The molecule has 0 bridgehead atoms. The zero-order valence-corrected chi connectivity index (χ0v) is 19.0. The van der Waals surface area contributed by atoms with Crippen LogP contribution in [0.5, 0.6) is 17.2 Å². The molecule has 6 nitrogen and oxygen atoms in total. The van der Waals surface area contributed by atoms with Crippen LogP contribution >= 0.6 is 0 Å². The number of methoxy groups -OCH3 is 2. The lowest BCUT2D eigenvalue weighted by atomic mass is 9.95. The largest absolute Gasteiger partial charge is 0.493 e. The van der Waals surface area contributed by atoms with E-state index in [4.69, 9.17) is 14.2 Å². The predicted octanol–water partition coefficient (Wildman–Crippen LogP) is 4.48. The molecule has 0 N–H and O–H groups in total. The Morgan fingerprint density at radius 2 is 1.53 bits per heavy atom. The van der Waals surface area contributed by atoms with E-state index in [0.717, 1.165) is 27.8 Å². The van der Waals surface area contributed by atoms with Crippen molar-refractivity contribution in [2.45, 2.75) is 24.3 Å². The zero-order valence-electron chi connectivity index (χ0n) is 18.2. The first-order valence-corrected chi connectivity index (χ1v) is 12.0. The Morgan fingerprint density at radius 1 is 0.812 bits per heavy atom. The summed E-state index contributed by atoms with van der Waals surface area (Å²) in [6, 6.07) is 16.0. The van der Waals surface area contributed by atoms with Crippen LogP contribution in [0, 0.1) is 0 Å². The molecule has 1 aliphatic rings. The van der Waals surface area contributed by atoms with Crippen molar-refractivity contribution in [3.63, 3.8) is 0 Å². The van der Waals surface area contributed by atoms with E-state index >= 15 is 0 Å². The summed E-state index contributed by atoms with van der Waals surface area (Å²) >= 11 is 0. The second-order valence-electron chi connectivity index (χ2n) is 7.64. The Bertz CT molecular complexity index is 1280.